The molecule has 3 nitrogen and oxygen atoms in total. The van der Waals surface area contributed by atoms with Crippen LogP contribution in [0.5, 0.6) is 0 Å². The van der Waals surface area contributed by atoms with Crippen molar-refractivity contribution in [3.05, 3.63) is 0 Å². The summed E-state index contributed by atoms with van der Waals surface area (Å²) in [6.07, 6.45) is 1.21. The monoisotopic (exact) mass is 117 g/mol. The standard InChI is InChI=1S/C5H11NO2/c6-2-4-1-5(3-7)8-4/h4-5,7H,1-3,6H2. The summed E-state index contributed by atoms with van der Waals surface area (Å²) < 4.78 is 5.06. The second-order valence-corrected chi connectivity index (χ2v) is 2.03. The van der Waals surface area contributed by atoms with Crippen LogP contribution >= 0.6 is 0 Å². The number of nitrogens with two attached hydrogens (primary N) is 1. The van der Waals surface area contributed by atoms with Gasteiger partial charge in [0, 0.05) is 13.0 Å². The summed E-state index contributed by atoms with van der Waals surface area (Å²) >= 11 is 0. The van der Waals surface area contributed by atoms with Gasteiger partial charge in [0.15, 0.2) is 0 Å². The Morgan fingerprint density at radius 3 is 2.62 bits per heavy atom. The van der Waals surface area contributed by atoms with E-state index >= 15 is 0 Å². The normalized spacial score (nSPS) is 36.8. The van der Waals surface area contributed by atoms with E-state index in [9.17, 15) is 0 Å². The molecule has 2 unspecified atom stereocenters. The lowest BCUT2D eigenvalue weighted by Crippen LogP contribution is -2.44. The van der Waals surface area contributed by atoms with Gasteiger partial charge in [0.2, 0.25) is 0 Å². The van der Waals surface area contributed by atoms with E-state index in [-0.39, 0.29) is 18.8 Å². The molecule has 0 spiro atoms. The maximum atomic E-state index is 8.43. The summed E-state index contributed by atoms with van der Waals surface area (Å²) in [5.74, 6) is 0. The molecular formula is C5H11NO2. The Labute approximate surface area is 48.4 Å². The van der Waals surface area contributed by atoms with Crippen molar-refractivity contribution in [1.29, 1.82) is 0 Å². The van der Waals surface area contributed by atoms with E-state index < -0.39 is 0 Å². The van der Waals surface area contributed by atoms with Crippen LogP contribution in [0.25, 0.3) is 0 Å². The zero-order valence-electron chi connectivity index (χ0n) is 4.71. The third-order valence-electron chi connectivity index (χ3n) is 1.38. The maximum absolute atomic E-state index is 8.43. The Hall–Kier alpha value is -0.120. The van der Waals surface area contributed by atoms with Crippen LogP contribution in [-0.2, 0) is 4.74 Å². The molecule has 3 heteroatoms. The molecule has 3 N–H and O–H groups in total. The third kappa shape index (κ3) is 0.992. The molecule has 0 aromatic heterocycles. The van der Waals surface area contributed by atoms with Crippen LogP contribution in [0.2, 0.25) is 0 Å². The Kier molecular flexibility index (Phi) is 1.83. The van der Waals surface area contributed by atoms with Gasteiger partial charge in [0.1, 0.15) is 0 Å². The fraction of sp³-hybridized carbons (Fsp3) is 1.00. The summed E-state index contributed by atoms with van der Waals surface area (Å²) in [5.41, 5.74) is 5.24. The topological polar surface area (TPSA) is 55.5 Å². The molecule has 0 aliphatic carbocycles. The Morgan fingerprint density at radius 1 is 1.62 bits per heavy atom. The van der Waals surface area contributed by atoms with Crippen LogP contribution in [0.15, 0.2) is 0 Å². The second-order valence-electron chi connectivity index (χ2n) is 2.03. The first-order valence-electron chi connectivity index (χ1n) is 2.83. The number of ether oxygens (including phenoxy) is 1. The zero-order chi connectivity index (χ0) is 5.98. The molecule has 0 bridgehead atoms. The lowest BCUT2D eigenvalue weighted by atomic mass is 10.1. The third-order valence-corrected chi connectivity index (χ3v) is 1.38. The van der Waals surface area contributed by atoms with E-state index in [0.29, 0.717) is 6.54 Å². The van der Waals surface area contributed by atoms with Crippen LogP contribution in [0.3, 0.4) is 0 Å². The predicted octanol–water partition coefficient (Wildman–Crippen LogP) is -0.905. The van der Waals surface area contributed by atoms with Crippen molar-refractivity contribution >= 4 is 0 Å². The molecule has 1 aliphatic rings. The van der Waals surface area contributed by atoms with Gasteiger partial charge in [-0.2, -0.15) is 0 Å². The van der Waals surface area contributed by atoms with Crippen LogP contribution < -0.4 is 5.73 Å². The molecule has 1 saturated heterocycles. The lowest BCUT2D eigenvalue weighted by Gasteiger charge is -2.33. The predicted molar refractivity (Wildman–Crippen MR) is 29.4 cm³/mol. The molecule has 1 aliphatic heterocycles. The van der Waals surface area contributed by atoms with Crippen LogP contribution in [0.4, 0.5) is 0 Å². The molecule has 0 aromatic carbocycles. The van der Waals surface area contributed by atoms with Gasteiger partial charge < -0.3 is 15.6 Å². The molecule has 1 fully saturated rings. The van der Waals surface area contributed by atoms with Crippen LogP contribution in [0.1, 0.15) is 6.42 Å². The average Bonchev–Trinajstić information content (AvgIpc) is 1.65. The van der Waals surface area contributed by atoms with Crippen molar-refractivity contribution in [2.75, 3.05) is 13.2 Å². The van der Waals surface area contributed by atoms with E-state index in [1.165, 1.54) is 0 Å². The van der Waals surface area contributed by atoms with E-state index in [1.807, 2.05) is 0 Å². The number of aliphatic hydroxyl groups is 1. The van der Waals surface area contributed by atoms with E-state index in [1.54, 1.807) is 0 Å². The number of rotatable bonds is 2. The Balaban J connectivity index is 2.03. The number of hydrogen-bond donors (Lipinski definition) is 2. The van der Waals surface area contributed by atoms with Gasteiger partial charge in [-0.25, -0.2) is 0 Å². The maximum Gasteiger partial charge on any atom is 0.0835 e. The minimum absolute atomic E-state index is 0.0727. The molecule has 8 heavy (non-hydrogen) atoms. The van der Waals surface area contributed by atoms with Gasteiger partial charge >= 0.3 is 0 Å². The van der Waals surface area contributed by atoms with Crippen molar-refractivity contribution in [2.24, 2.45) is 5.73 Å². The molecule has 0 amide bonds. The highest BCUT2D eigenvalue weighted by Crippen LogP contribution is 2.17. The van der Waals surface area contributed by atoms with Crippen molar-refractivity contribution < 1.29 is 9.84 Å². The molecule has 1 rings (SSSR count). The van der Waals surface area contributed by atoms with Crippen LogP contribution in [0, 0.1) is 0 Å². The molecule has 2 atom stereocenters. The minimum Gasteiger partial charge on any atom is -0.394 e. The number of hydrogen-bond acceptors (Lipinski definition) is 3. The SMILES string of the molecule is NCC1CC(CO)O1. The van der Waals surface area contributed by atoms with Crippen molar-refractivity contribution in [3.8, 4) is 0 Å². The smallest absolute Gasteiger partial charge is 0.0835 e. The molecule has 0 aromatic rings. The number of aliphatic hydroxyl groups excluding tert-OH is 1. The highest BCUT2D eigenvalue weighted by molar-refractivity contribution is 4.76. The summed E-state index contributed by atoms with van der Waals surface area (Å²) in [6, 6.07) is 0. The van der Waals surface area contributed by atoms with Crippen molar-refractivity contribution in [3.63, 3.8) is 0 Å². The molecule has 0 radical (unpaired) electrons. The van der Waals surface area contributed by atoms with Gasteiger partial charge in [-0.05, 0) is 0 Å². The summed E-state index contributed by atoms with van der Waals surface area (Å²) in [4.78, 5) is 0. The first-order chi connectivity index (χ1) is 3.86. The van der Waals surface area contributed by atoms with E-state index in [0.717, 1.165) is 6.42 Å². The molecule has 0 saturated carbocycles. The fourth-order valence-electron chi connectivity index (χ4n) is 0.824. The fourth-order valence-corrected chi connectivity index (χ4v) is 0.824. The Morgan fingerprint density at radius 2 is 2.25 bits per heavy atom. The second kappa shape index (κ2) is 2.44. The van der Waals surface area contributed by atoms with Crippen molar-refractivity contribution in [1.82, 2.24) is 0 Å². The molecule has 48 valence electrons. The van der Waals surface area contributed by atoms with E-state index in [4.69, 9.17) is 15.6 Å². The highest BCUT2D eigenvalue weighted by atomic mass is 16.5. The van der Waals surface area contributed by atoms with Gasteiger partial charge in [0.05, 0.1) is 18.8 Å². The summed E-state index contributed by atoms with van der Waals surface area (Å²) in [5, 5.41) is 8.43. The molecule has 1 heterocycles. The van der Waals surface area contributed by atoms with Crippen molar-refractivity contribution in [2.45, 2.75) is 18.6 Å². The minimum atomic E-state index is 0.0727. The first-order valence-corrected chi connectivity index (χ1v) is 2.83. The van der Waals surface area contributed by atoms with Crippen LogP contribution in [-0.4, -0.2) is 30.5 Å². The Bertz CT molecular complexity index is 62.8. The first kappa shape index (κ1) is 6.01. The largest absolute Gasteiger partial charge is 0.394 e. The van der Waals surface area contributed by atoms with Gasteiger partial charge in [-0.1, -0.05) is 0 Å². The lowest BCUT2D eigenvalue weighted by molar-refractivity contribution is -0.136. The van der Waals surface area contributed by atoms with Gasteiger partial charge in [-0.15, -0.1) is 0 Å². The van der Waals surface area contributed by atoms with Gasteiger partial charge in [0.25, 0.3) is 0 Å². The van der Waals surface area contributed by atoms with Gasteiger partial charge in [-0.3, -0.25) is 0 Å². The summed E-state index contributed by atoms with van der Waals surface area (Å²) in [6.45, 7) is 0.715. The quantitative estimate of drug-likeness (QED) is 0.492. The highest BCUT2D eigenvalue weighted by Gasteiger charge is 2.27. The zero-order valence-corrected chi connectivity index (χ0v) is 4.71. The average molecular weight is 117 g/mol. The van der Waals surface area contributed by atoms with E-state index in [2.05, 4.69) is 0 Å². The molecular weight excluding hydrogens is 106 g/mol. The summed E-state index contributed by atoms with van der Waals surface area (Å²) in [7, 11) is 0.